The van der Waals surface area contributed by atoms with Crippen molar-refractivity contribution in [3.05, 3.63) is 53.6 Å². The predicted octanol–water partition coefficient (Wildman–Crippen LogP) is 2.86. The molecule has 0 amide bonds. The second kappa shape index (κ2) is 7.14. The van der Waals surface area contributed by atoms with Crippen molar-refractivity contribution < 1.29 is 19.0 Å². The summed E-state index contributed by atoms with van der Waals surface area (Å²) >= 11 is 0. The van der Waals surface area contributed by atoms with Gasteiger partial charge in [0, 0.05) is 6.07 Å². The lowest BCUT2D eigenvalue weighted by Crippen LogP contribution is -2.18. The summed E-state index contributed by atoms with van der Waals surface area (Å²) in [6.07, 6.45) is 0. The average Bonchev–Trinajstić information content (AvgIpc) is 2.54. The largest absolute Gasteiger partial charge is 0.493 e. The predicted molar refractivity (Wildman–Crippen MR) is 80.0 cm³/mol. The van der Waals surface area contributed by atoms with E-state index in [9.17, 15) is 4.79 Å². The summed E-state index contributed by atoms with van der Waals surface area (Å²) in [5.41, 5.74) is 1.53. The Bertz CT molecular complexity index is 702. The van der Waals surface area contributed by atoms with E-state index in [1.54, 1.807) is 18.2 Å². The molecule has 0 saturated carbocycles. The lowest BCUT2D eigenvalue weighted by atomic mass is 10.2. The molecule has 22 heavy (non-hydrogen) atoms. The Morgan fingerprint density at radius 3 is 2.50 bits per heavy atom. The molecule has 0 aliphatic carbocycles. The zero-order chi connectivity index (χ0) is 15.9. The Kier molecular flexibility index (Phi) is 4.99. The Morgan fingerprint density at radius 1 is 1.14 bits per heavy atom. The van der Waals surface area contributed by atoms with Crippen molar-refractivity contribution in [2.24, 2.45) is 0 Å². The lowest BCUT2D eigenvalue weighted by Gasteiger charge is -2.10. The molecule has 0 atom stereocenters. The van der Waals surface area contributed by atoms with Crippen molar-refractivity contribution in [2.45, 2.75) is 6.92 Å². The zero-order valence-electron chi connectivity index (χ0n) is 12.3. The zero-order valence-corrected chi connectivity index (χ0v) is 12.3. The molecule has 5 nitrogen and oxygen atoms in total. The first-order chi connectivity index (χ1) is 10.6. The number of esters is 1. The highest BCUT2D eigenvalue weighted by Gasteiger charge is 2.11. The summed E-state index contributed by atoms with van der Waals surface area (Å²) in [7, 11) is 1.44. The lowest BCUT2D eigenvalue weighted by molar-refractivity contribution is -0.136. The van der Waals surface area contributed by atoms with Crippen LogP contribution >= 0.6 is 0 Å². The summed E-state index contributed by atoms with van der Waals surface area (Å²) < 4.78 is 15.6. The summed E-state index contributed by atoms with van der Waals surface area (Å²) in [4.78, 5) is 11.8. The molecule has 0 unspecified atom stereocenters. The smallest absolute Gasteiger partial charge is 0.349 e. The van der Waals surface area contributed by atoms with Gasteiger partial charge in [0.25, 0.3) is 0 Å². The van der Waals surface area contributed by atoms with E-state index in [-0.39, 0.29) is 12.4 Å². The van der Waals surface area contributed by atoms with E-state index in [2.05, 4.69) is 0 Å². The van der Waals surface area contributed by atoms with Crippen LogP contribution in [0.5, 0.6) is 17.2 Å². The summed E-state index contributed by atoms with van der Waals surface area (Å²) in [5, 5.41) is 8.83. The number of hydrogen-bond acceptors (Lipinski definition) is 5. The van der Waals surface area contributed by atoms with Gasteiger partial charge in [0.05, 0.1) is 18.7 Å². The van der Waals surface area contributed by atoms with E-state index in [0.29, 0.717) is 17.1 Å². The van der Waals surface area contributed by atoms with Crippen molar-refractivity contribution in [1.82, 2.24) is 0 Å². The normalized spacial score (nSPS) is 9.68. The third-order valence-corrected chi connectivity index (χ3v) is 2.89. The van der Waals surface area contributed by atoms with E-state index in [4.69, 9.17) is 19.5 Å². The van der Waals surface area contributed by atoms with Gasteiger partial charge in [-0.1, -0.05) is 17.7 Å². The molecule has 2 aromatic carbocycles. The molecule has 2 rings (SSSR count). The third-order valence-electron chi connectivity index (χ3n) is 2.89. The molecule has 112 valence electrons. The van der Waals surface area contributed by atoms with Crippen LogP contribution in [-0.2, 0) is 4.79 Å². The topological polar surface area (TPSA) is 68.5 Å². The van der Waals surface area contributed by atoms with Crippen LogP contribution < -0.4 is 14.2 Å². The molecule has 0 aliphatic rings. The van der Waals surface area contributed by atoms with Crippen LogP contribution in [-0.4, -0.2) is 19.7 Å². The summed E-state index contributed by atoms with van der Waals surface area (Å²) in [5.74, 6) is 0.611. The molecular formula is C17H15NO4. The van der Waals surface area contributed by atoms with Gasteiger partial charge in [-0.2, -0.15) is 5.26 Å². The summed E-state index contributed by atoms with van der Waals surface area (Å²) in [6, 6.07) is 13.9. The van der Waals surface area contributed by atoms with Crippen molar-refractivity contribution in [2.75, 3.05) is 13.7 Å². The minimum Gasteiger partial charge on any atom is -0.493 e. The van der Waals surface area contributed by atoms with E-state index in [0.717, 1.165) is 5.56 Å². The van der Waals surface area contributed by atoms with Crippen LogP contribution in [0.2, 0.25) is 0 Å². The fourth-order valence-corrected chi connectivity index (χ4v) is 1.75. The number of nitriles is 1. The van der Waals surface area contributed by atoms with E-state index >= 15 is 0 Å². The molecule has 0 aliphatic heterocycles. The molecule has 0 saturated heterocycles. The standard InChI is InChI=1S/C17H15NO4/c1-12-3-6-14(7-4-12)21-11-17(19)22-15-8-5-13(10-18)9-16(15)20-2/h3-9H,11H2,1-2H3. The fourth-order valence-electron chi connectivity index (χ4n) is 1.75. The van der Waals surface area contributed by atoms with E-state index in [1.165, 1.54) is 19.2 Å². The maximum Gasteiger partial charge on any atom is 0.349 e. The first kappa shape index (κ1) is 15.4. The number of carbonyl (C=O) groups excluding carboxylic acids is 1. The molecule has 0 fully saturated rings. The molecule has 2 aromatic rings. The molecule has 0 bridgehead atoms. The monoisotopic (exact) mass is 297 g/mol. The average molecular weight is 297 g/mol. The van der Waals surface area contributed by atoms with Gasteiger partial charge in [0.2, 0.25) is 0 Å². The fraction of sp³-hybridized carbons (Fsp3) is 0.176. The van der Waals surface area contributed by atoms with Gasteiger partial charge in [-0.3, -0.25) is 0 Å². The number of carbonyl (C=O) groups is 1. The number of benzene rings is 2. The Balaban J connectivity index is 1.97. The van der Waals surface area contributed by atoms with Crippen molar-refractivity contribution in [3.8, 4) is 23.3 Å². The highest BCUT2D eigenvalue weighted by Crippen LogP contribution is 2.28. The van der Waals surface area contributed by atoms with Gasteiger partial charge in [-0.25, -0.2) is 4.79 Å². The van der Waals surface area contributed by atoms with Crippen LogP contribution in [0.1, 0.15) is 11.1 Å². The van der Waals surface area contributed by atoms with Crippen LogP contribution in [0.4, 0.5) is 0 Å². The van der Waals surface area contributed by atoms with Gasteiger partial charge in [-0.05, 0) is 31.2 Å². The van der Waals surface area contributed by atoms with Crippen LogP contribution in [0.15, 0.2) is 42.5 Å². The number of methoxy groups -OCH3 is 1. The highest BCUT2D eigenvalue weighted by atomic mass is 16.6. The maximum atomic E-state index is 11.8. The minimum atomic E-state index is -0.552. The molecular weight excluding hydrogens is 282 g/mol. The molecule has 0 heterocycles. The second-order valence-corrected chi connectivity index (χ2v) is 4.55. The quantitative estimate of drug-likeness (QED) is 0.627. The molecule has 5 heteroatoms. The maximum absolute atomic E-state index is 11.8. The summed E-state index contributed by atoms with van der Waals surface area (Å²) in [6.45, 7) is 1.75. The minimum absolute atomic E-state index is 0.216. The Morgan fingerprint density at radius 2 is 1.86 bits per heavy atom. The first-order valence-electron chi connectivity index (χ1n) is 6.60. The number of aryl methyl sites for hydroxylation is 1. The van der Waals surface area contributed by atoms with Gasteiger partial charge >= 0.3 is 5.97 Å². The molecule has 0 aromatic heterocycles. The van der Waals surface area contributed by atoms with E-state index < -0.39 is 5.97 Å². The third kappa shape index (κ3) is 4.00. The van der Waals surface area contributed by atoms with Gasteiger partial charge in [0.15, 0.2) is 18.1 Å². The molecule has 0 spiro atoms. The Labute approximate surface area is 128 Å². The van der Waals surface area contributed by atoms with Crippen molar-refractivity contribution in [3.63, 3.8) is 0 Å². The van der Waals surface area contributed by atoms with Crippen molar-refractivity contribution >= 4 is 5.97 Å². The van der Waals surface area contributed by atoms with Gasteiger partial charge in [-0.15, -0.1) is 0 Å². The molecule has 0 radical (unpaired) electrons. The van der Waals surface area contributed by atoms with Gasteiger partial charge < -0.3 is 14.2 Å². The van der Waals surface area contributed by atoms with Crippen LogP contribution in [0, 0.1) is 18.3 Å². The Hall–Kier alpha value is -3.00. The number of nitrogens with zero attached hydrogens (tertiary/aromatic N) is 1. The first-order valence-corrected chi connectivity index (χ1v) is 6.60. The highest BCUT2D eigenvalue weighted by molar-refractivity contribution is 5.75. The second-order valence-electron chi connectivity index (χ2n) is 4.55. The number of hydrogen-bond donors (Lipinski definition) is 0. The van der Waals surface area contributed by atoms with E-state index in [1.807, 2.05) is 25.1 Å². The molecule has 0 N–H and O–H groups in total. The SMILES string of the molecule is COc1cc(C#N)ccc1OC(=O)COc1ccc(C)cc1. The number of rotatable bonds is 5. The van der Waals surface area contributed by atoms with Crippen LogP contribution in [0.25, 0.3) is 0 Å². The van der Waals surface area contributed by atoms with Crippen molar-refractivity contribution in [1.29, 1.82) is 5.26 Å². The van der Waals surface area contributed by atoms with Crippen LogP contribution in [0.3, 0.4) is 0 Å². The van der Waals surface area contributed by atoms with Gasteiger partial charge in [0.1, 0.15) is 5.75 Å². The number of ether oxygens (including phenoxy) is 3.